The summed E-state index contributed by atoms with van der Waals surface area (Å²) in [6, 6.07) is 13.4. The molecule has 26 heavy (non-hydrogen) atoms. The van der Waals surface area contributed by atoms with Crippen LogP contribution in [0.5, 0.6) is 0 Å². The Hall–Kier alpha value is -1.70. The largest absolute Gasteiger partial charge is 0.346 e. The van der Waals surface area contributed by atoms with Crippen LogP contribution in [0.4, 0.5) is 0 Å². The number of rotatable bonds is 6. The molecule has 0 fully saturated rings. The molecule has 0 aromatic heterocycles. The summed E-state index contributed by atoms with van der Waals surface area (Å²) >= 11 is 3.38. The van der Waals surface area contributed by atoms with Gasteiger partial charge in [0.15, 0.2) is 0 Å². The standard InChI is InChI=1S/C19H23BrN2O3S/c1-13(2)22(4)26(24,25)18-7-5-6-16(12-18)19(23)21-14(3)15-8-10-17(20)11-9-15/h5-14H,1-4H3,(H,21,23). The van der Waals surface area contributed by atoms with Crippen LogP contribution >= 0.6 is 15.9 Å². The van der Waals surface area contributed by atoms with Crippen molar-refractivity contribution in [1.29, 1.82) is 0 Å². The minimum absolute atomic E-state index is 0.109. The fraction of sp³-hybridized carbons (Fsp3) is 0.316. The maximum Gasteiger partial charge on any atom is 0.251 e. The monoisotopic (exact) mass is 438 g/mol. The fourth-order valence-electron chi connectivity index (χ4n) is 2.36. The molecule has 1 N–H and O–H groups in total. The van der Waals surface area contributed by atoms with E-state index in [1.807, 2.05) is 31.2 Å². The van der Waals surface area contributed by atoms with E-state index in [-0.39, 0.29) is 22.9 Å². The predicted molar refractivity (Wildman–Crippen MR) is 107 cm³/mol. The zero-order valence-electron chi connectivity index (χ0n) is 15.2. The third kappa shape index (κ3) is 4.72. The third-order valence-electron chi connectivity index (χ3n) is 4.22. The van der Waals surface area contributed by atoms with E-state index in [0.29, 0.717) is 5.56 Å². The number of hydrogen-bond acceptors (Lipinski definition) is 3. The van der Waals surface area contributed by atoms with Crippen molar-refractivity contribution in [2.45, 2.75) is 37.8 Å². The summed E-state index contributed by atoms with van der Waals surface area (Å²) in [5, 5.41) is 2.90. The molecule has 5 nitrogen and oxygen atoms in total. The number of sulfonamides is 1. The van der Waals surface area contributed by atoms with Crippen molar-refractivity contribution < 1.29 is 13.2 Å². The summed E-state index contributed by atoms with van der Waals surface area (Å²) in [4.78, 5) is 12.7. The summed E-state index contributed by atoms with van der Waals surface area (Å²) in [5.41, 5.74) is 1.28. The molecule has 0 saturated heterocycles. The highest BCUT2D eigenvalue weighted by atomic mass is 79.9. The van der Waals surface area contributed by atoms with Gasteiger partial charge in [-0.2, -0.15) is 4.31 Å². The van der Waals surface area contributed by atoms with E-state index in [1.165, 1.54) is 23.5 Å². The Balaban J connectivity index is 2.21. The summed E-state index contributed by atoms with van der Waals surface area (Å²) in [6.45, 7) is 5.48. The van der Waals surface area contributed by atoms with Crippen LogP contribution in [-0.4, -0.2) is 31.7 Å². The lowest BCUT2D eigenvalue weighted by Crippen LogP contribution is -2.33. The van der Waals surface area contributed by atoms with Gasteiger partial charge in [-0.3, -0.25) is 4.79 Å². The molecule has 0 radical (unpaired) electrons. The molecule has 2 rings (SSSR count). The Kier molecular flexibility index (Phi) is 6.60. The van der Waals surface area contributed by atoms with Crippen LogP contribution in [0.15, 0.2) is 57.9 Å². The Morgan fingerprint density at radius 1 is 1.08 bits per heavy atom. The molecule has 1 unspecified atom stereocenters. The summed E-state index contributed by atoms with van der Waals surface area (Å²) in [5.74, 6) is -0.315. The van der Waals surface area contributed by atoms with Crippen LogP contribution in [0, 0.1) is 0 Å². The molecule has 7 heteroatoms. The number of hydrogen-bond donors (Lipinski definition) is 1. The smallest absolute Gasteiger partial charge is 0.251 e. The molecule has 2 aromatic rings. The van der Waals surface area contributed by atoms with Crippen LogP contribution in [0.1, 0.15) is 42.7 Å². The summed E-state index contributed by atoms with van der Waals surface area (Å²) in [7, 11) is -2.10. The van der Waals surface area contributed by atoms with Crippen LogP contribution < -0.4 is 5.32 Å². The number of halogens is 1. The van der Waals surface area contributed by atoms with E-state index in [9.17, 15) is 13.2 Å². The first-order chi connectivity index (χ1) is 12.1. The normalized spacial score (nSPS) is 13.0. The third-order valence-corrected chi connectivity index (χ3v) is 6.78. The molecule has 1 atom stereocenters. The highest BCUT2D eigenvalue weighted by Crippen LogP contribution is 2.20. The molecule has 140 valence electrons. The van der Waals surface area contributed by atoms with E-state index < -0.39 is 10.0 Å². The van der Waals surface area contributed by atoms with Gasteiger partial charge in [0.25, 0.3) is 5.91 Å². The highest BCUT2D eigenvalue weighted by Gasteiger charge is 2.24. The van der Waals surface area contributed by atoms with Gasteiger partial charge in [0.2, 0.25) is 10.0 Å². The molecule has 2 aromatic carbocycles. The SMILES string of the molecule is CC(NC(=O)c1cccc(S(=O)(=O)N(C)C(C)C)c1)c1ccc(Br)cc1. The average molecular weight is 439 g/mol. The Bertz CT molecular complexity index is 880. The minimum Gasteiger partial charge on any atom is -0.346 e. The maximum atomic E-state index is 12.6. The van der Waals surface area contributed by atoms with Gasteiger partial charge in [0.05, 0.1) is 10.9 Å². The van der Waals surface area contributed by atoms with Gasteiger partial charge >= 0.3 is 0 Å². The lowest BCUT2D eigenvalue weighted by molar-refractivity contribution is 0.0939. The van der Waals surface area contributed by atoms with E-state index >= 15 is 0 Å². The Morgan fingerprint density at radius 3 is 2.27 bits per heavy atom. The topological polar surface area (TPSA) is 66.5 Å². The Labute approximate surface area is 163 Å². The van der Waals surface area contributed by atoms with Crippen molar-refractivity contribution in [2.24, 2.45) is 0 Å². The first-order valence-corrected chi connectivity index (χ1v) is 10.5. The number of amides is 1. The van der Waals surface area contributed by atoms with Crippen molar-refractivity contribution in [3.8, 4) is 0 Å². The molecule has 0 aliphatic rings. The van der Waals surface area contributed by atoms with Crippen LogP contribution in [0.2, 0.25) is 0 Å². The molecule has 0 bridgehead atoms. The second-order valence-corrected chi connectivity index (χ2v) is 9.30. The predicted octanol–water partition coefficient (Wildman–Crippen LogP) is 3.97. The van der Waals surface area contributed by atoms with Gasteiger partial charge in [0, 0.05) is 23.1 Å². The van der Waals surface area contributed by atoms with E-state index in [0.717, 1.165) is 10.0 Å². The number of carbonyl (C=O) groups excluding carboxylic acids is 1. The molecule has 0 spiro atoms. The van der Waals surface area contributed by atoms with Crippen LogP contribution in [0.3, 0.4) is 0 Å². The second kappa shape index (κ2) is 8.33. The summed E-state index contributed by atoms with van der Waals surface area (Å²) < 4.78 is 27.5. The highest BCUT2D eigenvalue weighted by molar-refractivity contribution is 9.10. The summed E-state index contributed by atoms with van der Waals surface area (Å²) in [6.07, 6.45) is 0. The van der Waals surface area contributed by atoms with Crippen molar-refractivity contribution in [2.75, 3.05) is 7.05 Å². The zero-order chi connectivity index (χ0) is 19.5. The van der Waals surface area contributed by atoms with E-state index in [2.05, 4.69) is 21.2 Å². The molecule has 0 aliphatic carbocycles. The first-order valence-electron chi connectivity index (χ1n) is 8.27. The minimum atomic E-state index is -3.63. The zero-order valence-corrected chi connectivity index (χ0v) is 17.6. The number of carbonyl (C=O) groups is 1. The van der Waals surface area contributed by atoms with Crippen molar-refractivity contribution in [3.05, 3.63) is 64.1 Å². The van der Waals surface area contributed by atoms with Gasteiger partial charge in [-0.25, -0.2) is 8.42 Å². The van der Waals surface area contributed by atoms with Crippen LogP contribution in [-0.2, 0) is 10.0 Å². The van der Waals surface area contributed by atoms with Crippen LogP contribution in [0.25, 0.3) is 0 Å². The number of nitrogens with zero attached hydrogens (tertiary/aromatic N) is 1. The lowest BCUT2D eigenvalue weighted by Gasteiger charge is -2.21. The maximum absolute atomic E-state index is 12.6. The number of benzene rings is 2. The number of nitrogens with one attached hydrogen (secondary N) is 1. The molecular formula is C19H23BrN2O3S. The van der Waals surface area contributed by atoms with Gasteiger partial charge in [-0.05, 0) is 56.7 Å². The van der Waals surface area contributed by atoms with E-state index in [1.54, 1.807) is 26.0 Å². The van der Waals surface area contributed by atoms with Crippen molar-refractivity contribution in [3.63, 3.8) is 0 Å². The van der Waals surface area contributed by atoms with Gasteiger partial charge < -0.3 is 5.32 Å². The van der Waals surface area contributed by atoms with Crippen molar-refractivity contribution >= 4 is 31.9 Å². The van der Waals surface area contributed by atoms with E-state index in [4.69, 9.17) is 0 Å². The molecule has 0 saturated carbocycles. The average Bonchev–Trinajstić information content (AvgIpc) is 2.61. The first kappa shape index (κ1) is 20.6. The van der Waals surface area contributed by atoms with Gasteiger partial charge in [-0.15, -0.1) is 0 Å². The fourth-order valence-corrected chi connectivity index (χ4v) is 4.03. The molecule has 0 heterocycles. The van der Waals surface area contributed by atoms with Gasteiger partial charge in [0.1, 0.15) is 0 Å². The second-order valence-electron chi connectivity index (χ2n) is 6.39. The quantitative estimate of drug-likeness (QED) is 0.741. The Morgan fingerprint density at radius 2 is 1.69 bits per heavy atom. The molecule has 0 aliphatic heterocycles. The molecule has 1 amide bonds. The lowest BCUT2D eigenvalue weighted by atomic mass is 10.1. The van der Waals surface area contributed by atoms with Crippen molar-refractivity contribution in [1.82, 2.24) is 9.62 Å². The van der Waals surface area contributed by atoms with Gasteiger partial charge in [-0.1, -0.05) is 34.1 Å². The molecular weight excluding hydrogens is 416 g/mol.